The summed E-state index contributed by atoms with van der Waals surface area (Å²) in [7, 11) is 0. The number of nitrogens with zero attached hydrogens (tertiary/aromatic N) is 2. The van der Waals surface area contributed by atoms with E-state index in [2.05, 4.69) is 25.6 Å². The third-order valence-corrected chi connectivity index (χ3v) is 7.46. The number of aromatic nitrogens is 3. The monoisotopic (exact) mass is 543 g/mol. The fourth-order valence-electron chi connectivity index (χ4n) is 5.07. The molecule has 0 unspecified atom stereocenters. The van der Waals surface area contributed by atoms with Crippen LogP contribution < -0.4 is 15.4 Å². The summed E-state index contributed by atoms with van der Waals surface area (Å²) >= 11 is 0. The van der Waals surface area contributed by atoms with Crippen LogP contribution in [0.4, 0.5) is 13.2 Å². The normalized spacial score (nSPS) is 21.2. The fourth-order valence-corrected chi connectivity index (χ4v) is 5.07. The largest absolute Gasteiger partial charge is 0.493 e. The van der Waals surface area contributed by atoms with Gasteiger partial charge in [-0.2, -0.15) is 0 Å². The minimum absolute atomic E-state index is 0.0875. The molecule has 0 radical (unpaired) electrons. The highest BCUT2D eigenvalue weighted by atomic mass is 19.3. The van der Waals surface area contributed by atoms with Gasteiger partial charge in [-0.15, -0.1) is 0 Å². The highest BCUT2D eigenvalue weighted by Gasteiger charge is 2.33. The zero-order valence-electron chi connectivity index (χ0n) is 21.9. The molecule has 0 spiro atoms. The van der Waals surface area contributed by atoms with Crippen molar-refractivity contribution < 1.29 is 27.5 Å². The number of benzene rings is 1. The smallest absolute Gasteiger partial charge is 0.263 e. The van der Waals surface area contributed by atoms with Crippen LogP contribution >= 0.6 is 0 Å². The molecule has 11 heteroatoms. The van der Waals surface area contributed by atoms with E-state index in [4.69, 9.17) is 4.74 Å². The fraction of sp³-hybridized carbons (Fsp3) is 0.500. The zero-order chi connectivity index (χ0) is 27.7. The van der Waals surface area contributed by atoms with Gasteiger partial charge in [-0.05, 0) is 56.7 Å². The van der Waals surface area contributed by atoms with E-state index in [1.165, 1.54) is 24.5 Å². The first kappa shape index (κ1) is 27.0. The van der Waals surface area contributed by atoms with E-state index >= 15 is 0 Å². The van der Waals surface area contributed by atoms with Crippen molar-refractivity contribution in [3.8, 4) is 17.0 Å². The van der Waals surface area contributed by atoms with E-state index in [-0.39, 0.29) is 29.9 Å². The number of amides is 2. The molecule has 2 saturated carbocycles. The van der Waals surface area contributed by atoms with E-state index in [0.717, 1.165) is 12.8 Å². The van der Waals surface area contributed by atoms with E-state index in [0.29, 0.717) is 59.1 Å². The van der Waals surface area contributed by atoms with Gasteiger partial charge in [0.2, 0.25) is 5.91 Å². The second-order valence-corrected chi connectivity index (χ2v) is 10.4. The lowest BCUT2D eigenvalue weighted by atomic mass is 9.89. The number of halogens is 3. The van der Waals surface area contributed by atoms with Crippen LogP contribution in [-0.4, -0.2) is 51.6 Å². The summed E-state index contributed by atoms with van der Waals surface area (Å²) in [6.07, 6.45) is 0.816. The van der Waals surface area contributed by atoms with Crippen molar-refractivity contribution >= 4 is 22.8 Å². The first-order valence-corrected chi connectivity index (χ1v) is 13.4. The number of hydrogen-bond donors (Lipinski definition) is 3. The van der Waals surface area contributed by atoms with E-state index in [1.807, 2.05) is 0 Å². The molecule has 1 aromatic carbocycles. The van der Waals surface area contributed by atoms with Crippen LogP contribution in [0.3, 0.4) is 0 Å². The molecule has 2 aliphatic carbocycles. The van der Waals surface area contributed by atoms with Crippen LogP contribution in [0.2, 0.25) is 0 Å². The third-order valence-electron chi connectivity index (χ3n) is 7.46. The van der Waals surface area contributed by atoms with Crippen molar-refractivity contribution in [1.29, 1.82) is 0 Å². The second kappa shape index (κ2) is 11.2. The van der Waals surface area contributed by atoms with Gasteiger partial charge in [0.1, 0.15) is 29.5 Å². The molecule has 8 nitrogen and oxygen atoms in total. The zero-order valence-corrected chi connectivity index (χ0v) is 21.9. The lowest BCUT2D eigenvalue weighted by molar-refractivity contribution is -0.122. The molecule has 3 aromatic rings. The van der Waals surface area contributed by atoms with Gasteiger partial charge < -0.3 is 20.4 Å². The minimum atomic E-state index is -2.67. The standard InChI is InChI=1S/C28H32F3N5O3/c1-3-22(37)36-20-8-7-17(11-19(20)29)35-28(38)23-14(2)34-26-24(32-13-33-25(23)26)18-10-16(27(30)31)6-9-21(18)39-12-15-4-5-15/h6,9-10,13,15,17,19-20,27,34H,3-5,7-8,11-12H2,1-2H3,(H,35,38)(H,36,37)/t17-,19-,20-/m0/s1. The summed E-state index contributed by atoms with van der Waals surface area (Å²) in [5.41, 5.74) is 2.16. The Bertz CT molecular complexity index is 1370. The summed E-state index contributed by atoms with van der Waals surface area (Å²) in [6.45, 7) is 3.92. The number of carbonyl (C=O) groups excluding carboxylic acids is 2. The van der Waals surface area contributed by atoms with Crippen LogP contribution in [0.25, 0.3) is 22.3 Å². The topological polar surface area (TPSA) is 109 Å². The molecule has 2 fully saturated rings. The van der Waals surface area contributed by atoms with Gasteiger partial charge in [0, 0.05) is 35.7 Å². The Kier molecular flexibility index (Phi) is 7.76. The first-order valence-electron chi connectivity index (χ1n) is 13.4. The van der Waals surface area contributed by atoms with E-state index in [9.17, 15) is 22.8 Å². The number of carbonyl (C=O) groups is 2. The molecule has 0 bridgehead atoms. The number of aryl methyl sites for hydroxylation is 1. The summed E-state index contributed by atoms with van der Waals surface area (Å²) < 4.78 is 47.9. The molecule has 2 aromatic heterocycles. The number of ether oxygens (including phenoxy) is 1. The number of nitrogens with one attached hydrogen (secondary N) is 3. The van der Waals surface area contributed by atoms with Crippen LogP contribution in [-0.2, 0) is 4.79 Å². The van der Waals surface area contributed by atoms with Crippen molar-refractivity contribution in [2.75, 3.05) is 6.61 Å². The molecule has 0 aliphatic heterocycles. The highest BCUT2D eigenvalue weighted by Crippen LogP contribution is 2.38. The summed E-state index contributed by atoms with van der Waals surface area (Å²) in [6, 6.07) is 3.27. The van der Waals surface area contributed by atoms with Gasteiger partial charge in [0.15, 0.2) is 0 Å². The average Bonchev–Trinajstić information content (AvgIpc) is 3.68. The molecule has 2 aliphatic rings. The maximum absolute atomic E-state index is 14.7. The third kappa shape index (κ3) is 5.86. The van der Waals surface area contributed by atoms with Gasteiger partial charge >= 0.3 is 0 Å². The Morgan fingerprint density at radius 1 is 1.15 bits per heavy atom. The maximum Gasteiger partial charge on any atom is 0.263 e. The second-order valence-electron chi connectivity index (χ2n) is 10.4. The number of alkyl halides is 3. The van der Waals surface area contributed by atoms with E-state index < -0.39 is 30.6 Å². The van der Waals surface area contributed by atoms with Gasteiger partial charge in [-0.1, -0.05) is 6.92 Å². The van der Waals surface area contributed by atoms with Crippen molar-refractivity contribution in [2.45, 2.75) is 77.1 Å². The van der Waals surface area contributed by atoms with Crippen LogP contribution in [0, 0.1) is 12.8 Å². The molecule has 3 N–H and O–H groups in total. The molecule has 208 valence electrons. The molecule has 2 heterocycles. The van der Waals surface area contributed by atoms with E-state index in [1.54, 1.807) is 13.8 Å². The first-order chi connectivity index (χ1) is 18.7. The maximum atomic E-state index is 14.7. The Hall–Kier alpha value is -3.63. The average molecular weight is 544 g/mol. The molecule has 3 atom stereocenters. The summed E-state index contributed by atoms with van der Waals surface area (Å²) in [5, 5.41) is 5.61. The Balaban J connectivity index is 1.41. The molecular formula is C28H32F3N5O3. The number of hydrogen-bond acceptors (Lipinski definition) is 5. The predicted molar refractivity (Wildman–Crippen MR) is 139 cm³/mol. The van der Waals surface area contributed by atoms with Crippen molar-refractivity contribution in [2.24, 2.45) is 5.92 Å². The van der Waals surface area contributed by atoms with Gasteiger partial charge in [-0.3, -0.25) is 9.59 Å². The van der Waals surface area contributed by atoms with Crippen molar-refractivity contribution in [3.05, 3.63) is 41.3 Å². The lowest BCUT2D eigenvalue weighted by Crippen LogP contribution is -2.49. The minimum Gasteiger partial charge on any atom is -0.493 e. The number of fused-ring (bicyclic) bond motifs is 1. The predicted octanol–water partition coefficient (Wildman–Crippen LogP) is 5.17. The lowest BCUT2D eigenvalue weighted by Gasteiger charge is -2.32. The quantitative estimate of drug-likeness (QED) is 0.345. The SMILES string of the molecule is CCC(=O)N[C@H]1CC[C@H](NC(=O)c2c(C)[nH]c3c(-c4cc(C(F)F)ccc4OCC4CC4)ncnc23)C[C@@H]1F. The van der Waals surface area contributed by atoms with Crippen molar-refractivity contribution in [3.63, 3.8) is 0 Å². The van der Waals surface area contributed by atoms with Crippen LogP contribution in [0.5, 0.6) is 5.75 Å². The van der Waals surface area contributed by atoms with Crippen LogP contribution in [0.15, 0.2) is 24.5 Å². The van der Waals surface area contributed by atoms with Gasteiger partial charge in [-0.25, -0.2) is 23.1 Å². The molecule has 5 rings (SSSR count). The number of aromatic amines is 1. The van der Waals surface area contributed by atoms with Crippen LogP contribution in [0.1, 0.15) is 73.5 Å². The van der Waals surface area contributed by atoms with Gasteiger partial charge in [0.25, 0.3) is 12.3 Å². The highest BCUT2D eigenvalue weighted by molar-refractivity contribution is 6.09. The van der Waals surface area contributed by atoms with Crippen molar-refractivity contribution in [1.82, 2.24) is 25.6 Å². The molecule has 0 saturated heterocycles. The Morgan fingerprint density at radius 3 is 2.64 bits per heavy atom. The number of H-pyrrole nitrogens is 1. The molecular weight excluding hydrogens is 511 g/mol. The Morgan fingerprint density at radius 2 is 1.95 bits per heavy atom. The molecule has 39 heavy (non-hydrogen) atoms. The molecule has 2 amide bonds. The Labute approximate surface area is 224 Å². The summed E-state index contributed by atoms with van der Waals surface area (Å²) in [4.78, 5) is 36.9. The summed E-state index contributed by atoms with van der Waals surface area (Å²) in [5.74, 6) is 0.284. The van der Waals surface area contributed by atoms with Gasteiger partial charge in [0.05, 0.1) is 23.7 Å². The number of rotatable bonds is 9.